The van der Waals surface area contributed by atoms with E-state index in [0.717, 1.165) is 24.8 Å². The van der Waals surface area contributed by atoms with Crippen LogP contribution < -0.4 is 5.73 Å². The standard InChI is InChI=1S/C12H12N6O/c13-12(3-1-4-12)11-16-10(19-17-11)8-7-15-18-6-2-5-14-9(8)18/h2,5-7H,1,3-4,13H2. The minimum Gasteiger partial charge on any atom is -0.334 e. The van der Waals surface area contributed by atoms with Gasteiger partial charge in [-0.1, -0.05) is 5.16 Å². The fourth-order valence-electron chi connectivity index (χ4n) is 2.29. The number of nitrogens with zero attached hydrogens (tertiary/aromatic N) is 5. The van der Waals surface area contributed by atoms with E-state index in [1.807, 2.05) is 12.3 Å². The Morgan fingerprint density at radius 1 is 1.37 bits per heavy atom. The molecule has 0 unspecified atom stereocenters. The molecule has 19 heavy (non-hydrogen) atoms. The maximum atomic E-state index is 6.18. The quantitative estimate of drug-likeness (QED) is 0.738. The Hall–Kier alpha value is -2.28. The molecule has 3 aromatic rings. The van der Waals surface area contributed by atoms with Gasteiger partial charge in [0, 0.05) is 12.4 Å². The van der Waals surface area contributed by atoms with E-state index in [1.54, 1.807) is 16.9 Å². The summed E-state index contributed by atoms with van der Waals surface area (Å²) in [6, 6.07) is 1.81. The molecule has 2 N–H and O–H groups in total. The summed E-state index contributed by atoms with van der Waals surface area (Å²) in [5.74, 6) is 0.990. The maximum absolute atomic E-state index is 6.18. The number of hydrogen-bond acceptors (Lipinski definition) is 6. The summed E-state index contributed by atoms with van der Waals surface area (Å²) in [5.41, 5.74) is 7.18. The number of hydrogen-bond donors (Lipinski definition) is 1. The summed E-state index contributed by atoms with van der Waals surface area (Å²) >= 11 is 0. The molecule has 3 aromatic heterocycles. The lowest BCUT2D eigenvalue weighted by molar-refractivity contribution is 0.229. The zero-order valence-electron chi connectivity index (χ0n) is 10.2. The third-order valence-electron chi connectivity index (χ3n) is 3.63. The van der Waals surface area contributed by atoms with Gasteiger partial charge in [0.15, 0.2) is 11.5 Å². The molecule has 0 aromatic carbocycles. The van der Waals surface area contributed by atoms with Crippen molar-refractivity contribution in [3.63, 3.8) is 0 Å². The average molecular weight is 256 g/mol. The summed E-state index contributed by atoms with van der Waals surface area (Å²) in [6.45, 7) is 0. The van der Waals surface area contributed by atoms with Gasteiger partial charge in [-0.05, 0) is 25.3 Å². The Balaban J connectivity index is 1.80. The molecule has 1 saturated carbocycles. The van der Waals surface area contributed by atoms with E-state index in [4.69, 9.17) is 10.3 Å². The highest BCUT2D eigenvalue weighted by molar-refractivity contribution is 5.70. The van der Waals surface area contributed by atoms with Gasteiger partial charge in [0.2, 0.25) is 0 Å². The zero-order chi connectivity index (χ0) is 12.9. The minimum atomic E-state index is -0.419. The highest BCUT2D eigenvalue weighted by Crippen LogP contribution is 2.37. The molecule has 0 atom stereocenters. The topological polar surface area (TPSA) is 95.1 Å². The molecule has 1 aliphatic carbocycles. The third-order valence-corrected chi connectivity index (χ3v) is 3.63. The molecular weight excluding hydrogens is 244 g/mol. The van der Waals surface area contributed by atoms with Crippen LogP contribution in [-0.4, -0.2) is 24.7 Å². The Bertz CT molecular complexity index is 741. The summed E-state index contributed by atoms with van der Waals surface area (Å²) in [7, 11) is 0. The highest BCUT2D eigenvalue weighted by Gasteiger charge is 2.39. The van der Waals surface area contributed by atoms with Crippen molar-refractivity contribution in [2.24, 2.45) is 5.73 Å². The third kappa shape index (κ3) is 1.48. The first-order valence-electron chi connectivity index (χ1n) is 6.18. The first kappa shape index (κ1) is 10.6. The van der Waals surface area contributed by atoms with Gasteiger partial charge in [0.1, 0.15) is 5.56 Å². The van der Waals surface area contributed by atoms with Crippen molar-refractivity contribution in [3.05, 3.63) is 30.5 Å². The fraction of sp³-hybridized carbons (Fsp3) is 0.333. The fourth-order valence-corrected chi connectivity index (χ4v) is 2.29. The molecule has 0 radical (unpaired) electrons. The van der Waals surface area contributed by atoms with Crippen LogP contribution in [0.25, 0.3) is 17.1 Å². The number of fused-ring (bicyclic) bond motifs is 1. The van der Waals surface area contributed by atoms with Gasteiger partial charge in [0.05, 0.1) is 11.7 Å². The SMILES string of the molecule is NC1(c2noc(-c3cnn4cccnc34)n2)CCC1. The van der Waals surface area contributed by atoms with Crippen molar-refractivity contribution < 1.29 is 4.52 Å². The van der Waals surface area contributed by atoms with Crippen molar-refractivity contribution in [3.8, 4) is 11.5 Å². The molecule has 96 valence electrons. The normalized spacial score (nSPS) is 17.5. The van der Waals surface area contributed by atoms with Crippen LogP contribution in [0.3, 0.4) is 0 Å². The van der Waals surface area contributed by atoms with E-state index in [1.165, 1.54) is 0 Å². The molecule has 0 amide bonds. The van der Waals surface area contributed by atoms with Gasteiger partial charge in [-0.25, -0.2) is 9.50 Å². The molecule has 7 heteroatoms. The number of nitrogens with two attached hydrogens (primary N) is 1. The largest absolute Gasteiger partial charge is 0.334 e. The van der Waals surface area contributed by atoms with Crippen LogP contribution in [0.15, 0.2) is 29.2 Å². The van der Waals surface area contributed by atoms with Gasteiger partial charge in [0.25, 0.3) is 5.89 Å². The second-order valence-corrected chi connectivity index (χ2v) is 4.88. The molecule has 0 aliphatic heterocycles. The summed E-state index contributed by atoms with van der Waals surface area (Å²) in [6.07, 6.45) is 8.10. The molecule has 4 rings (SSSR count). The first-order chi connectivity index (χ1) is 9.26. The Morgan fingerprint density at radius 2 is 2.26 bits per heavy atom. The Kier molecular flexibility index (Phi) is 2.02. The number of rotatable bonds is 2. The summed E-state index contributed by atoms with van der Waals surface area (Å²) in [4.78, 5) is 8.67. The number of aromatic nitrogens is 5. The van der Waals surface area contributed by atoms with Crippen LogP contribution >= 0.6 is 0 Å². The lowest BCUT2D eigenvalue weighted by Gasteiger charge is -2.34. The van der Waals surface area contributed by atoms with Gasteiger partial charge in [-0.2, -0.15) is 10.1 Å². The molecule has 0 bridgehead atoms. The second-order valence-electron chi connectivity index (χ2n) is 4.88. The smallest absolute Gasteiger partial charge is 0.263 e. The van der Waals surface area contributed by atoms with Crippen LogP contribution in [0.2, 0.25) is 0 Å². The summed E-state index contributed by atoms with van der Waals surface area (Å²) < 4.78 is 6.97. The van der Waals surface area contributed by atoms with Gasteiger partial charge in [-0.15, -0.1) is 0 Å². The van der Waals surface area contributed by atoms with Crippen LogP contribution in [0.1, 0.15) is 25.1 Å². The first-order valence-corrected chi connectivity index (χ1v) is 6.18. The highest BCUT2D eigenvalue weighted by atomic mass is 16.5. The van der Waals surface area contributed by atoms with E-state index in [0.29, 0.717) is 17.4 Å². The Morgan fingerprint density at radius 3 is 3.05 bits per heavy atom. The molecule has 7 nitrogen and oxygen atoms in total. The molecule has 3 heterocycles. The summed E-state index contributed by atoms with van der Waals surface area (Å²) in [5, 5.41) is 8.19. The van der Waals surface area contributed by atoms with E-state index in [9.17, 15) is 0 Å². The predicted octanol–water partition coefficient (Wildman–Crippen LogP) is 1.12. The van der Waals surface area contributed by atoms with E-state index in [-0.39, 0.29) is 0 Å². The van der Waals surface area contributed by atoms with Gasteiger partial charge < -0.3 is 10.3 Å². The monoisotopic (exact) mass is 256 g/mol. The lowest BCUT2D eigenvalue weighted by atomic mass is 9.77. The van der Waals surface area contributed by atoms with Crippen LogP contribution in [0, 0.1) is 0 Å². The van der Waals surface area contributed by atoms with Crippen molar-refractivity contribution in [2.75, 3.05) is 0 Å². The molecule has 1 aliphatic rings. The van der Waals surface area contributed by atoms with Crippen LogP contribution in [0.5, 0.6) is 0 Å². The molecular formula is C12H12N6O. The van der Waals surface area contributed by atoms with Crippen molar-refractivity contribution in [1.29, 1.82) is 0 Å². The average Bonchev–Trinajstić information content (AvgIpc) is 3.02. The van der Waals surface area contributed by atoms with Gasteiger partial charge in [-0.3, -0.25) is 0 Å². The van der Waals surface area contributed by atoms with E-state index < -0.39 is 5.54 Å². The van der Waals surface area contributed by atoms with Crippen molar-refractivity contribution >= 4 is 5.65 Å². The van der Waals surface area contributed by atoms with Crippen molar-refractivity contribution in [1.82, 2.24) is 24.7 Å². The molecule has 0 saturated heterocycles. The second kappa shape index (κ2) is 3.61. The molecule has 0 spiro atoms. The Labute approximate surface area is 108 Å². The predicted molar refractivity (Wildman–Crippen MR) is 66.0 cm³/mol. The van der Waals surface area contributed by atoms with E-state index in [2.05, 4.69) is 20.2 Å². The minimum absolute atomic E-state index is 0.417. The molecule has 1 fully saturated rings. The van der Waals surface area contributed by atoms with Gasteiger partial charge >= 0.3 is 0 Å². The van der Waals surface area contributed by atoms with Crippen molar-refractivity contribution in [2.45, 2.75) is 24.8 Å². The van der Waals surface area contributed by atoms with Crippen LogP contribution in [0.4, 0.5) is 0 Å². The lowest BCUT2D eigenvalue weighted by Crippen LogP contribution is -2.44. The van der Waals surface area contributed by atoms with E-state index >= 15 is 0 Å². The zero-order valence-corrected chi connectivity index (χ0v) is 10.2. The maximum Gasteiger partial charge on any atom is 0.263 e. The van der Waals surface area contributed by atoms with Crippen LogP contribution in [-0.2, 0) is 5.54 Å².